The smallest absolute Gasteiger partial charge is 0.221 e. The maximum absolute atomic E-state index is 5.59. The number of aromatic nitrogens is 2. The second kappa shape index (κ2) is 6.75. The van der Waals surface area contributed by atoms with Gasteiger partial charge >= 0.3 is 0 Å². The van der Waals surface area contributed by atoms with Crippen molar-refractivity contribution < 1.29 is 0 Å². The Labute approximate surface area is 119 Å². The molecule has 1 aromatic carbocycles. The van der Waals surface area contributed by atoms with Gasteiger partial charge in [-0.05, 0) is 25.5 Å². The van der Waals surface area contributed by atoms with Gasteiger partial charge in [0.2, 0.25) is 5.95 Å². The third-order valence-corrected chi connectivity index (χ3v) is 3.15. The van der Waals surface area contributed by atoms with Gasteiger partial charge in [-0.15, -0.1) is 0 Å². The van der Waals surface area contributed by atoms with Crippen molar-refractivity contribution in [1.82, 2.24) is 9.97 Å². The molecule has 0 saturated heterocycles. The lowest BCUT2D eigenvalue weighted by atomic mass is 10.3. The van der Waals surface area contributed by atoms with E-state index in [-0.39, 0.29) is 0 Å². The molecule has 1 aromatic heterocycles. The summed E-state index contributed by atoms with van der Waals surface area (Å²) in [6.07, 6.45) is 2.76. The molecule has 5 heteroatoms. The molecule has 0 aliphatic rings. The highest BCUT2D eigenvalue weighted by molar-refractivity contribution is 5.46. The van der Waals surface area contributed by atoms with E-state index in [4.69, 9.17) is 5.73 Å². The first-order valence-corrected chi connectivity index (χ1v) is 6.76. The molecule has 106 valence electrons. The Kier molecular flexibility index (Phi) is 4.76. The normalized spacial score (nSPS) is 10.3. The minimum absolute atomic E-state index is 0.305. The average molecular weight is 271 g/mol. The van der Waals surface area contributed by atoms with E-state index in [0.717, 1.165) is 30.9 Å². The number of nitrogen functional groups attached to an aromatic ring is 1. The van der Waals surface area contributed by atoms with E-state index >= 15 is 0 Å². The van der Waals surface area contributed by atoms with Gasteiger partial charge in [-0.25, -0.2) is 4.98 Å². The molecule has 0 radical (unpaired) electrons. The number of nitrogens with zero attached hydrogens (tertiary/aromatic N) is 3. The average Bonchev–Trinajstić information content (AvgIpc) is 2.47. The van der Waals surface area contributed by atoms with Crippen LogP contribution in [-0.4, -0.2) is 30.1 Å². The van der Waals surface area contributed by atoms with Gasteiger partial charge in [0.1, 0.15) is 5.82 Å². The number of nitrogens with one attached hydrogen (secondary N) is 1. The molecule has 0 fully saturated rings. The summed E-state index contributed by atoms with van der Waals surface area (Å²) in [7, 11) is 2.10. The topological polar surface area (TPSA) is 67.1 Å². The Balaban J connectivity index is 1.78. The van der Waals surface area contributed by atoms with Crippen LogP contribution in [0.25, 0.3) is 0 Å². The zero-order chi connectivity index (χ0) is 14.4. The van der Waals surface area contributed by atoms with Crippen molar-refractivity contribution in [2.45, 2.75) is 13.3 Å². The number of rotatable bonds is 6. The highest BCUT2D eigenvalue weighted by Gasteiger charge is 2.02. The molecule has 20 heavy (non-hydrogen) atoms. The molecule has 0 aliphatic heterocycles. The highest BCUT2D eigenvalue weighted by atomic mass is 15.1. The lowest BCUT2D eigenvalue weighted by molar-refractivity contribution is 0.813. The monoisotopic (exact) mass is 271 g/mol. The van der Waals surface area contributed by atoms with Crippen molar-refractivity contribution in [3.8, 4) is 0 Å². The van der Waals surface area contributed by atoms with Gasteiger partial charge in [-0.3, -0.25) is 0 Å². The number of hydrogen-bond acceptors (Lipinski definition) is 5. The summed E-state index contributed by atoms with van der Waals surface area (Å²) in [5.41, 5.74) is 7.83. The van der Waals surface area contributed by atoms with Crippen LogP contribution in [-0.2, 0) is 0 Å². The molecule has 3 N–H and O–H groups in total. The molecule has 2 rings (SSSR count). The summed E-state index contributed by atoms with van der Waals surface area (Å²) in [6.45, 7) is 3.81. The van der Waals surface area contributed by atoms with Crippen LogP contribution in [0, 0.1) is 6.92 Å². The summed E-state index contributed by atoms with van der Waals surface area (Å²) in [4.78, 5) is 10.4. The number of benzene rings is 1. The Morgan fingerprint density at radius 3 is 2.75 bits per heavy atom. The summed E-state index contributed by atoms with van der Waals surface area (Å²) in [5, 5.41) is 3.30. The van der Waals surface area contributed by atoms with Crippen molar-refractivity contribution >= 4 is 17.5 Å². The van der Waals surface area contributed by atoms with Crippen molar-refractivity contribution in [2.75, 3.05) is 36.1 Å². The van der Waals surface area contributed by atoms with Crippen LogP contribution in [0.2, 0.25) is 0 Å². The van der Waals surface area contributed by atoms with Crippen LogP contribution in [0.5, 0.6) is 0 Å². The largest absolute Gasteiger partial charge is 0.375 e. The quantitative estimate of drug-likeness (QED) is 0.789. The molecule has 5 nitrogen and oxygen atoms in total. The molecule has 0 amide bonds. The van der Waals surface area contributed by atoms with Crippen LogP contribution < -0.4 is 16.0 Å². The molecular formula is C15H21N5. The van der Waals surface area contributed by atoms with Gasteiger partial charge in [0.15, 0.2) is 0 Å². The van der Waals surface area contributed by atoms with Crippen LogP contribution >= 0.6 is 0 Å². The fourth-order valence-corrected chi connectivity index (χ4v) is 1.97. The van der Waals surface area contributed by atoms with Crippen molar-refractivity contribution in [2.24, 2.45) is 0 Å². The predicted molar refractivity (Wildman–Crippen MR) is 84.0 cm³/mol. The minimum atomic E-state index is 0.305. The molecule has 0 spiro atoms. The van der Waals surface area contributed by atoms with E-state index in [1.807, 2.05) is 13.0 Å². The molecular weight excluding hydrogens is 250 g/mol. The van der Waals surface area contributed by atoms with Gasteiger partial charge in [-0.2, -0.15) is 4.98 Å². The Morgan fingerprint density at radius 2 is 2.00 bits per heavy atom. The number of hydrogen-bond donors (Lipinski definition) is 2. The first kappa shape index (κ1) is 14.1. The standard InChI is InChI=1S/C15H21N5/c1-12-11-18-15(16)19-14(12)17-9-6-10-20(2)13-7-4-3-5-8-13/h3-5,7-8,11H,6,9-10H2,1-2H3,(H3,16,17,18,19). The van der Waals surface area contributed by atoms with Crippen LogP contribution in [0.4, 0.5) is 17.5 Å². The zero-order valence-corrected chi connectivity index (χ0v) is 12.0. The summed E-state index contributed by atoms with van der Waals surface area (Å²) < 4.78 is 0. The van der Waals surface area contributed by atoms with E-state index in [1.165, 1.54) is 5.69 Å². The molecule has 2 aromatic rings. The second-order valence-corrected chi connectivity index (χ2v) is 4.80. The molecule has 1 heterocycles. The van der Waals surface area contributed by atoms with Gasteiger partial charge in [-0.1, -0.05) is 18.2 Å². The summed E-state index contributed by atoms with van der Waals surface area (Å²) in [5.74, 6) is 1.12. The molecule has 0 unspecified atom stereocenters. The van der Waals surface area contributed by atoms with Gasteiger partial charge in [0.05, 0.1) is 0 Å². The fraction of sp³-hybridized carbons (Fsp3) is 0.333. The van der Waals surface area contributed by atoms with Crippen molar-refractivity contribution in [3.63, 3.8) is 0 Å². The van der Waals surface area contributed by atoms with Crippen LogP contribution in [0.1, 0.15) is 12.0 Å². The van der Waals surface area contributed by atoms with Crippen LogP contribution in [0.15, 0.2) is 36.5 Å². The maximum Gasteiger partial charge on any atom is 0.221 e. The molecule has 0 bridgehead atoms. The molecule has 0 saturated carbocycles. The maximum atomic E-state index is 5.59. The second-order valence-electron chi connectivity index (χ2n) is 4.80. The van der Waals surface area contributed by atoms with Gasteiger partial charge < -0.3 is 16.0 Å². The first-order chi connectivity index (χ1) is 9.66. The van der Waals surface area contributed by atoms with E-state index in [2.05, 4.69) is 51.5 Å². The Morgan fingerprint density at radius 1 is 1.25 bits per heavy atom. The number of para-hydroxylation sites is 1. The number of aryl methyl sites for hydroxylation is 1. The third-order valence-electron chi connectivity index (χ3n) is 3.15. The summed E-state index contributed by atoms with van der Waals surface area (Å²) >= 11 is 0. The number of nitrogens with two attached hydrogens (primary N) is 1. The van der Waals surface area contributed by atoms with E-state index in [0.29, 0.717) is 5.95 Å². The highest BCUT2D eigenvalue weighted by Crippen LogP contribution is 2.12. The minimum Gasteiger partial charge on any atom is -0.375 e. The van der Waals surface area contributed by atoms with E-state index in [1.54, 1.807) is 6.20 Å². The first-order valence-electron chi connectivity index (χ1n) is 6.76. The predicted octanol–water partition coefficient (Wildman–Crippen LogP) is 2.31. The van der Waals surface area contributed by atoms with E-state index in [9.17, 15) is 0 Å². The fourth-order valence-electron chi connectivity index (χ4n) is 1.97. The van der Waals surface area contributed by atoms with Crippen molar-refractivity contribution in [1.29, 1.82) is 0 Å². The van der Waals surface area contributed by atoms with Crippen LogP contribution in [0.3, 0.4) is 0 Å². The van der Waals surface area contributed by atoms with Crippen molar-refractivity contribution in [3.05, 3.63) is 42.1 Å². The van der Waals surface area contributed by atoms with Gasteiger partial charge in [0.25, 0.3) is 0 Å². The lowest BCUT2D eigenvalue weighted by Crippen LogP contribution is -2.21. The van der Waals surface area contributed by atoms with E-state index < -0.39 is 0 Å². The Bertz CT molecular complexity index is 541. The summed E-state index contributed by atoms with van der Waals surface area (Å²) in [6, 6.07) is 10.4. The van der Waals surface area contributed by atoms with Gasteiger partial charge in [0, 0.05) is 37.6 Å². The number of anilines is 3. The SMILES string of the molecule is Cc1cnc(N)nc1NCCCN(C)c1ccccc1. The molecule has 0 atom stereocenters. The lowest BCUT2D eigenvalue weighted by Gasteiger charge is -2.19. The Hall–Kier alpha value is -2.30. The zero-order valence-electron chi connectivity index (χ0n) is 12.0. The molecule has 0 aliphatic carbocycles. The third kappa shape index (κ3) is 3.85.